The second-order valence-corrected chi connectivity index (χ2v) is 7.69. The molecule has 0 aliphatic rings. The first-order valence-corrected chi connectivity index (χ1v) is 11.0. The van der Waals surface area contributed by atoms with E-state index in [1.54, 1.807) is 50.2 Å². The number of ketones is 1. The molecule has 7 nitrogen and oxygen atoms in total. The fraction of sp³-hybridized carbons (Fsp3) is 0.167. The molecule has 4 aromatic rings. The van der Waals surface area contributed by atoms with Crippen LogP contribution in [0.3, 0.4) is 0 Å². The zero-order valence-electron chi connectivity index (χ0n) is 17.5. The van der Waals surface area contributed by atoms with E-state index in [1.807, 2.05) is 17.5 Å². The summed E-state index contributed by atoms with van der Waals surface area (Å²) in [6.07, 6.45) is 1.45. The van der Waals surface area contributed by atoms with Gasteiger partial charge in [0.05, 0.1) is 29.3 Å². The van der Waals surface area contributed by atoms with Crippen molar-refractivity contribution in [3.63, 3.8) is 0 Å². The Morgan fingerprint density at radius 1 is 0.938 bits per heavy atom. The number of hydrogen-bond donors (Lipinski definition) is 0. The van der Waals surface area contributed by atoms with Gasteiger partial charge in [0.1, 0.15) is 23.1 Å². The molecule has 0 amide bonds. The lowest BCUT2D eigenvalue weighted by atomic mass is 10.0. The predicted octanol–water partition coefficient (Wildman–Crippen LogP) is 4.65. The molecule has 0 saturated heterocycles. The summed E-state index contributed by atoms with van der Waals surface area (Å²) in [6, 6.07) is 14.0. The zero-order chi connectivity index (χ0) is 22.7. The number of rotatable bonds is 7. The summed E-state index contributed by atoms with van der Waals surface area (Å²) < 4.78 is 11.9. The topological polar surface area (TPSA) is 87.0 Å². The Kier molecular flexibility index (Phi) is 6.13. The minimum atomic E-state index is -0.767. The van der Waals surface area contributed by atoms with Crippen molar-refractivity contribution in [2.75, 3.05) is 13.2 Å². The highest BCUT2D eigenvalue weighted by molar-refractivity contribution is 7.13. The van der Waals surface area contributed by atoms with Crippen LogP contribution in [0.2, 0.25) is 0 Å². The number of nitrogens with zero attached hydrogens (tertiary/aromatic N) is 2. The summed E-state index contributed by atoms with van der Waals surface area (Å²) in [7, 11) is 0. The Morgan fingerprint density at radius 3 is 2.25 bits per heavy atom. The van der Waals surface area contributed by atoms with Crippen LogP contribution in [-0.4, -0.2) is 40.3 Å². The van der Waals surface area contributed by atoms with Gasteiger partial charge in [-0.15, -0.1) is 11.3 Å². The maximum Gasteiger partial charge on any atom is 0.341 e. The average molecular weight is 449 g/mol. The van der Waals surface area contributed by atoms with Gasteiger partial charge in [-0.25, -0.2) is 14.6 Å². The molecule has 0 radical (unpaired) electrons. The number of benzene rings is 1. The largest absolute Gasteiger partial charge is 0.462 e. The van der Waals surface area contributed by atoms with Crippen LogP contribution in [0.15, 0.2) is 60.2 Å². The second-order valence-electron chi connectivity index (χ2n) is 6.74. The molecule has 0 unspecified atom stereocenters. The maximum absolute atomic E-state index is 13.5. The van der Waals surface area contributed by atoms with Crippen LogP contribution in [0, 0.1) is 0 Å². The summed E-state index contributed by atoms with van der Waals surface area (Å²) in [5.74, 6) is -1.90. The van der Waals surface area contributed by atoms with E-state index in [0.29, 0.717) is 16.8 Å². The van der Waals surface area contributed by atoms with Gasteiger partial charge in [0, 0.05) is 5.56 Å². The lowest BCUT2D eigenvalue weighted by molar-refractivity contribution is 0.0480. The van der Waals surface area contributed by atoms with Gasteiger partial charge < -0.3 is 9.47 Å². The highest BCUT2D eigenvalue weighted by atomic mass is 32.1. The van der Waals surface area contributed by atoms with Crippen molar-refractivity contribution >= 4 is 34.6 Å². The summed E-state index contributed by atoms with van der Waals surface area (Å²) in [5, 5.41) is 1.92. The summed E-state index contributed by atoms with van der Waals surface area (Å²) >= 11 is 1.49. The Bertz CT molecular complexity index is 1290. The molecule has 4 rings (SSSR count). The normalized spacial score (nSPS) is 10.8. The third-order valence-corrected chi connectivity index (χ3v) is 5.71. The lowest BCUT2D eigenvalue weighted by Gasteiger charge is -2.07. The van der Waals surface area contributed by atoms with E-state index in [9.17, 15) is 14.4 Å². The van der Waals surface area contributed by atoms with Crippen molar-refractivity contribution in [3.05, 3.63) is 82.6 Å². The van der Waals surface area contributed by atoms with Crippen molar-refractivity contribution < 1.29 is 23.9 Å². The van der Waals surface area contributed by atoms with Gasteiger partial charge in [-0.2, -0.15) is 0 Å². The highest BCUT2D eigenvalue weighted by Crippen LogP contribution is 2.31. The molecule has 3 aromatic heterocycles. The molecule has 0 N–H and O–H groups in total. The molecule has 162 valence electrons. The number of hydrogen-bond acceptors (Lipinski definition) is 7. The van der Waals surface area contributed by atoms with E-state index in [1.165, 1.54) is 22.1 Å². The van der Waals surface area contributed by atoms with Crippen LogP contribution in [0.5, 0.6) is 0 Å². The quantitative estimate of drug-likeness (QED) is 0.302. The standard InChI is InChI=1S/C24H20N2O5S/c1-3-30-23(28)19-17-13-16(18-11-8-12-32-18)25-14-26(17)21(20(19)24(29)31-4-2)22(27)15-9-6-5-7-10-15/h5-14H,3-4H2,1-2H3. The zero-order valence-corrected chi connectivity index (χ0v) is 18.3. The van der Waals surface area contributed by atoms with Gasteiger partial charge >= 0.3 is 11.9 Å². The maximum atomic E-state index is 13.5. The molecule has 32 heavy (non-hydrogen) atoms. The summed E-state index contributed by atoms with van der Waals surface area (Å²) in [6.45, 7) is 3.54. The highest BCUT2D eigenvalue weighted by Gasteiger charge is 2.33. The Morgan fingerprint density at radius 2 is 1.62 bits per heavy atom. The van der Waals surface area contributed by atoms with Gasteiger partial charge in [0.2, 0.25) is 5.78 Å². The molecule has 0 saturated carbocycles. The van der Waals surface area contributed by atoms with Crippen LogP contribution in [0.4, 0.5) is 0 Å². The van der Waals surface area contributed by atoms with Gasteiger partial charge in [-0.1, -0.05) is 36.4 Å². The van der Waals surface area contributed by atoms with Gasteiger partial charge in [-0.05, 0) is 31.4 Å². The van der Waals surface area contributed by atoms with Crippen molar-refractivity contribution in [1.82, 2.24) is 9.38 Å². The van der Waals surface area contributed by atoms with Crippen LogP contribution in [-0.2, 0) is 9.47 Å². The first kappa shape index (κ1) is 21.5. The Balaban J connectivity index is 2.05. The van der Waals surface area contributed by atoms with E-state index in [-0.39, 0.29) is 30.0 Å². The van der Waals surface area contributed by atoms with Crippen molar-refractivity contribution in [1.29, 1.82) is 0 Å². The lowest BCUT2D eigenvalue weighted by Crippen LogP contribution is -2.16. The average Bonchev–Trinajstić information content (AvgIpc) is 3.45. The van der Waals surface area contributed by atoms with Crippen LogP contribution in [0.1, 0.15) is 50.6 Å². The predicted molar refractivity (Wildman–Crippen MR) is 120 cm³/mol. The molecule has 0 aliphatic carbocycles. The van der Waals surface area contributed by atoms with Gasteiger partial charge in [0.25, 0.3) is 0 Å². The molecular formula is C24H20N2O5S. The number of ether oxygens (including phenoxy) is 2. The molecule has 8 heteroatoms. The second kappa shape index (κ2) is 9.15. The fourth-order valence-electron chi connectivity index (χ4n) is 3.48. The summed E-state index contributed by atoms with van der Waals surface area (Å²) in [4.78, 5) is 44.8. The van der Waals surface area contributed by atoms with Crippen molar-refractivity contribution in [2.45, 2.75) is 13.8 Å². The van der Waals surface area contributed by atoms with E-state index >= 15 is 0 Å². The van der Waals surface area contributed by atoms with Gasteiger partial charge in [-0.3, -0.25) is 9.20 Å². The molecule has 0 atom stereocenters. The Labute approximate surface area is 188 Å². The third kappa shape index (κ3) is 3.80. The van der Waals surface area contributed by atoms with Crippen LogP contribution >= 0.6 is 11.3 Å². The number of carbonyl (C=O) groups excluding carboxylic acids is 3. The molecule has 0 bridgehead atoms. The van der Waals surface area contributed by atoms with E-state index < -0.39 is 17.7 Å². The van der Waals surface area contributed by atoms with E-state index in [4.69, 9.17) is 9.47 Å². The minimum absolute atomic E-state index is 0.00946. The molecule has 0 spiro atoms. The molecule has 0 fully saturated rings. The number of aromatic nitrogens is 2. The first-order valence-electron chi connectivity index (χ1n) is 10.1. The number of esters is 2. The van der Waals surface area contributed by atoms with Gasteiger partial charge in [0.15, 0.2) is 0 Å². The third-order valence-electron chi connectivity index (χ3n) is 4.81. The fourth-order valence-corrected chi connectivity index (χ4v) is 4.17. The molecule has 1 aromatic carbocycles. The number of carbonyl (C=O) groups is 3. The van der Waals surface area contributed by atoms with E-state index in [2.05, 4.69) is 4.98 Å². The minimum Gasteiger partial charge on any atom is -0.462 e. The van der Waals surface area contributed by atoms with Crippen LogP contribution in [0.25, 0.3) is 16.1 Å². The van der Waals surface area contributed by atoms with Crippen molar-refractivity contribution in [3.8, 4) is 10.6 Å². The first-order chi connectivity index (χ1) is 15.6. The molecular weight excluding hydrogens is 428 g/mol. The SMILES string of the molecule is CCOC(=O)c1c(C(=O)OCC)c2cc(-c3cccs3)ncn2c1C(=O)c1ccccc1. The summed E-state index contributed by atoms with van der Waals surface area (Å²) in [5.41, 5.74) is 1.22. The molecule has 0 aliphatic heterocycles. The molecule has 3 heterocycles. The van der Waals surface area contributed by atoms with Crippen molar-refractivity contribution in [2.24, 2.45) is 0 Å². The van der Waals surface area contributed by atoms with E-state index in [0.717, 1.165) is 4.88 Å². The monoisotopic (exact) mass is 448 g/mol. The number of fused-ring (bicyclic) bond motifs is 1. The Hall–Kier alpha value is -3.78. The smallest absolute Gasteiger partial charge is 0.341 e. The number of thiophene rings is 1. The van der Waals surface area contributed by atoms with Crippen LogP contribution < -0.4 is 0 Å².